The maximum absolute atomic E-state index is 10.6. The van der Waals surface area contributed by atoms with Crippen LogP contribution in [0.15, 0.2) is 35.5 Å². The highest BCUT2D eigenvalue weighted by Crippen LogP contribution is 2.60. The van der Waals surface area contributed by atoms with Crippen LogP contribution in [0.3, 0.4) is 0 Å². The van der Waals surface area contributed by atoms with Crippen LogP contribution in [-0.4, -0.2) is 44.3 Å². The molecule has 0 heterocycles. The molecule has 0 spiro atoms. The maximum Gasteiger partial charge on any atom is 0.0849 e. The summed E-state index contributed by atoms with van der Waals surface area (Å²) in [6.07, 6.45) is 14.8. The van der Waals surface area contributed by atoms with Crippen LogP contribution < -0.4 is 0 Å². The Morgan fingerprint density at radius 1 is 1.05 bits per heavy atom. The Balaban J connectivity index is 1.79. The molecule has 0 aromatic carbocycles. The van der Waals surface area contributed by atoms with Crippen molar-refractivity contribution in [1.29, 1.82) is 0 Å². The van der Waals surface area contributed by atoms with E-state index in [0.717, 1.165) is 24.0 Å². The van der Waals surface area contributed by atoms with Gasteiger partial charge in [0.25, 0.3) is 0 Å². The van der Waals surface area contributed by atoms with Gasteiger partial charge in [-0.05, 0) is 111 Å². The molecular formula is C33H56O4. The lowest BCUT2D eigenvalue weighted by molar-refractivity contribution is -0.0562. The second-order valence-corrected chi connectivity index (χ2v) is 14.6. The van der Waals surface area contributed by atoms with Gasteiger partial charge in [0, 0.05) is 6.42 Å². The SMILES string of the molecule is C=C1/C(=C\C=C2/CCC[C@@]3(C)C2CCC3[C@@H](CCCC(C)(C)C)CCC(O)C(C)(C)O)C[C@@H](O)C[C@@H]1O. The van der Waals surface area contributed by atoms with Crippen LogP contribution in [0, 0.1) is 28.6 Å². The van der Waals surface area contributed by atoms with Gasteiger partial charge in [-0.15, -0.1) is 0 Å². The molecule has 0 amide bonds. The molecule has 3 aliphatic rings. The zero-order valence-corrected chi connectivity index (χ0v) is 24.6. The van der Waals surface area contributed by atoms with Crippen molar-refractivity contribution >= 4 is 0 Å². The molecule has 4 nitrogen and oxygen atoms in total. The van der Waals surface area contributed by atoms with E-state index in [1.165, 1.54) is 50.5 Å². The van der Waals surface area contributed by atoms with Gasteiger partial charge in [-0.25, -0.2) is 0 Å². The van der Waals surface area contributed by atoms with Crippen LogP contribution in [0.5, 0.6) is 0 Å². The Hall–Kier alpha value is -0.940. The summed E-state index contributed by atoms with van der Waals surface area (Å²) in [5.41, 5.74) is 2.80. The molecule has 37 heavy (non-hydrogen) atoms. The van der Waals surface area contributed by atoms with Gasteiger partial charge in [0.15, 0.2) is 0 Å². The molecule has 0 bridgehead atoms. The molecule has 212 valence electrons. The van der Waals surface area contributed by atoms with Crippen molar-refractivity contribution in [3.8, 4) is 0 Å². The van der Waals surface area contributed by atoms with E-state index in [2.05, 4.69) is 46.4 Å². The van der Waals surface area contributed by atoms with Crippen molar-refractivity contribution in [3.63, 3.8) is 0 Å². The normalized spacial score (nSPS) is 35.1. The van der Waals surface area contributed by atoms with Crippen LogP contribution in [-0.2, 0) is 0 Å². The van der Waals surface area contributed by atoms with Crippen LogP contribution in [0.25, 0.3) is 0 Å². The largest absolute Gasteiger partial charge is 0.393 e. The zero-order valence-electron chi connectivity index (χ0n) is 24.6. The minimum Gasteiger partial charge on any atom is -0.393 e. The Labute approximate surface area is 227 Å². The van der Waals surface area contributed by atoms with Crippen LogP contribution in [0.4, 0.5) is 0 Å². The molecule has 0 radical (unpaired) electrons. The van der Waals surface area contributed by atoms with Gasteiger partial charge in [0.1, 0.15) is 0 Å². The minimum absolute atomic E-state index is 0.261. The monoisotopic (exact) mass is 516 g/mol. The van der Waals surface area contributed by atoms with E-state index in [1.807, 2.05) is 0 Å². The lowest BCUT2D eigenvalue weighted by atomic mass is 9.59. The number of hydrogen-bond acceptors (Lipinski definition) is 4. The number of allylic oxidation sites excluding steroid dienone is 3. The Kier molecular flexibility index (Phi) is 9.98. The van der Waals surface area contributed by atoms with Crippen LogP contribution >= 0.6 is 0 Å². The molecule has 3 aliphatic carbocycles. The molecule has 4 heteroatoms. The smallest absolute Gasteiger partial charge is 0.0849 e. The highest BCUT2D eigenvalue weighted by molar-refractivity contribution is 5.38. The summed E-state index contributed by atoms with van der Waals surface area (Å²) < 4.78 is 0. The zero-order chi connectivity index (χ0) is 27.6. The molecule has 7 atom stereocenters. The molecule has 4 N–H and O–H groups in total. The van der Waals surface area contributed by atoms with E-state index in [-0.39, 0.29) is 5.41 Å². The summed E-state index contributed by atoms with van der Waals surface area (Å²) >= 11 is 0. The van der Waals surface area contributed by atoms with Gasteiger partial charge in [0.05, 0.1) is 23.9 Å². The van der Waals surface area contributed by atoms with Gasteiger partial charge in [0.2, 0.25) is 0 Å². The van der Waals surface area contributed by atoms with E-state index in [1.54, 1.807) is 13.8 Å². The van der Waals surface area contributed by atoms with E-state index in [4.69, 9.17) is 0 Å². The molecule has 3 saturated carbocycles. The van der Waals surface area contributed by atoms with E-state index in [9.17, 15) is 20.4 Å². The van der Waals surface area contributed by atoms with Crippen molar-refractivity contribution in [1.82, 2.24) is 0 Å². The van der Waals surface area contributed by atoms with Crippen molar-refractivity contribution < 1.29 is 20.4 Å². The first-order chi connectivity index (χ1) is 17.1. The average molecular weight is 517 g/mol. The summed E-state index contributed by atoms with van der Waals surface area (Å²) in [6.45, 7) is 17.0. The summed E-state index contributed by atoms with van der Waals surface area (Å²) in [7, 11) is 0. The summed E-state index contributed by atoms with van der Waals surface area (Å²) in [5.74, 6) is 1.77. The maximum atomic E-state index is 10.6. The van der Waals surface area contributed by atoms with Crippen LogP contribution in [0.1, 0.15) is 119 Å². The number of fused-ring (bicyclic) bond motifs is 1. The molecule has 0 aliphatic heterocycles. The molecule has 3 rings (SSSR count). The fourth-order valence-corrected chi connectivity index (χ4v) is 7.69. The van der Waals surface area contributed by atoms with Gasteiger partial charge in [-0.2, -0.15) is 0 Å². The quantitative estimate of drug-likeness (QED) is 0.269. The minimum atomic E-state index is -1.06. The third-order valence-corrected chi connectivity index (χ3v) is 10.00. The molecule has 3 fully saturated rings. The third-order valence-electron chi connectivity index (χ3n) is 10.00. The van der Waals surface area contributed by atoms with E-state index < -0.39 is 23.9 Å². The fraction of sp³-hybridized carbons (Fsp3) is 0.818. The van der Waals surface area contributed by atoms with Crippen LogP contribution in [0.2, 0.25) is 0 Å². The highest BCUT2D eigenvalue weighted by Gasteiger charge is 2.51. The van der Waals surface area contributed by atoms with Gasteiger partial charge in [-0.3, -0.25) is 0 Å². The first-order valence-corrected chi connectivity index (χ1v) is 15.0. The third kappa shape index (κ3) is 7.81. The van der Waals surface area contributed by atoms with Crippen molar-refractivity contribution in [2.45, 2.75) is 143 Å². The molecular weight excluding hydrogens is 460 g/mol. The lowest BCUT2D eigenvalue weighted by Gasteiger charge is -2.45. The second kappa shape index (κ2) is 12.1. The van der Waals surface area contributed by atoms with Gasteiger partial charge in [-0.1, -0.05) is 64.8 Å². The summed E-state index contributed by atoms with van der Waals surface area (Å²) in [4.78, 5) is 0. The first-order valence-electron chi connectivity index (χ1n) is 15.0. The molecule has 3 unspecified atom stereocenters. The number of hydrogen-bond donors (Lipinski definition) is 4. The van der Waals surface area contributed by atoms with Crippen molar-refractivity contribution in [3.05, 3.63) is 35.5 Å². The number of aliphatic hydroxyl groups is 4. The van der Waals surface area contributed by atoms with Gasteiger partial charge >= 0.3 is 0 Å². The second-order valence-electron chi connectivity index (χ2n) is 14.6. The number of aliphatic hydroxyl groups excluding tert-OH is 3. The standard InChI is InChI=1S/C33H56O4/c1-22-25(20-26(34)21-29(22)35)13-12-23-11-9-19-33(7)27(23)15-16-28(33)24(10-8-18-31(2,3)4)14-17-30(36)32(5,6)37/h12-13,24,26-30,34-37H,1,8-11,14-21H2,2-7H3/b23-12+,25-13-/t24-,26+,27?,28?,29-,30?,33-/m0/s1. The van der Waals surface area contributed by atoms with Gasteiger partial charge < -0.3 is 20.4 Å². The van der Waals surface area contributed by atoms with Crippen molar-refractivity contribution in [2.24, 2.45) is 28.6 Å². The Morgan fingerprint density at radius 3 is 2.41 bits per heavy atom. The topological polar surface area (TPSA) is 80.9 Å². The molecule has 0 aromatic rings. The first kappa shape index (κ1) is 30.6. The molecule has 0 saturated heterocycles. The Bertz CT molecular complexity index is 841. The highest BCUT2D eigenvalue weighted by atomic mass is 16.3. The van der Waals surface area contributed by atoms with E-state index >= 15 is 0 Å². The lowest BCUT2D eigenvalue weighted by Crippen LogP contribution is -2.39. The predicted octanol–water partition coefficient (Wildman–Crippen LogP) is 6.87. The summed E-state index contributed by atoms with van der Waals surface area (Å²) in [5, 5.41) is 41.4. The predicted molar refractivity (Wildman–Crippen MR) is 153 cm³/mol. The fourth-order valence-electron chi connectivity index (χ4n) is 7.69. The van der Waals surface area contributed by atoms with E-state index in [0.29, 0.717) is 42.4 Å². The summed E-state index contributed by atoms with van der Waals surface area (Å²) in [6, 6.07) is 0. The average Bonchev–Trinajstić information content (AvgIpc) is 3.13. The Morgan fingerprint density at radius 2 is 1.76 bits per heavy atom. The number of rotatable bonds is 9. The van der Waals surface area contributed by atoms with Crippen molar-refractivity contribution in [2.75, 3.05) is 0 Å². The molecule has 0 aromatic heterocycles.